The first-order chi connectivity index (χ1) is 27.2. The van der Waals surface area contributed by atoms with Crippen molar-refractivity contribution in [3.63, 3.8) is 0 Å². The second-order valence-corrected chi connectivity index (χ2v) is 15.5. The van der Waals surface area contributed by atoms with Crippen LogP contribution in [0, 0.1) is 0 Å². The molecule has 1 aromatic heterocycles. The Morgan fingerprint density at radius 2 is 0.727 bits per heavy atom. The fourth-order valence-electron chi connectivity index (χ4n) is 8.22. The van der Waals surface area contributed by atoms with Gasteiger partial charge in [-0.25, -0.2) is 0 Å². The zero-order valence-electron chi connectivity index (χ0n) is 30.6. The van der Waals surface area contributed by atoms with E-state index in [0.29, 0.717) is 0 Å². The number of benzene rings is 8. The minimum absolute atomic E-state index is 1.13. The maximum absolute atomic E-state index is 2.41. The van der Waals surface area contributed by atoms with E-state index in [4.69, 9.17) is 0 Å². The van der Waals surface area contributed by atoms with Gasteiger partial charge in [0.2, 0.25) is 0 Å². The van der Waals surface area contributed by atoms with E-state index in [1.165, 1.54) is 90.6 Å². The van der Waals surface area contributed by atoms with E-state index in [2.05, 4.69) is 204 Å². The van der Waals surface area contributed by atoms with Crippen molar-refractivity contribution in [3.8, 4) is 22.3 Å². The Balaban J connectivity index is 0.919. The van der Waals surface area contributed by atoms with Crippen molar-refractivity contribution in [1.82, 2.24) is 0 Å². The molecule has 55 heavy (non-hydrogen) atoms. The lowest BCUT2D eigenvalue weighted by molar-refractivity contribution is 0.685. The van der Waals surface area contributed by atoms with Gasteiger partial charge in [0.05, 0.1) is 0 Å². The molecule has 8 aromatic carbocycles. The van der Waals surface area contributed by atoms with Crippen LogP contribution in [0.5, 0.6) is 0 Å². The largest absolute Gasteiger partial charge is 0.310 e. The molecule has 9 aromatic rings. The summed E-state index contributed by atoms with van der Waals surface area (Å²) < 4.78 is 2.63. The Hall–Kier alpha value is -6.42. The third kappa shape index (κ3) is 6.47. The predicted octanol–water partition coefficient (Wildman–Crippen LogP) is 15.2. The number of hydrogen-bond donors (Lipinski definition) is 0. The quantitative estimate of drug-likeness (QED) is 0.154. The van der Waals surface area contributed by atoms with Crippen molar-refractivity contribution in [1.29, 1.82) is 0 Å². The number of aryl methyl sites for hydroxylation is 2. The summed E-state index contributed by atoms with van der Waals surface area (Å²) >= 11 is 1.86. The van der Waals surface area contributed by atoms with Gasteiger partial charge in [0.25, 0.3) is 0 Å². The molecule has 1 aliphatic rings. The van der Waals surface area contributed by atoms with E-state index in [-0.39, 0.29) is 0 Å². The van der Waals surface area contributed by atoms with Crippen LogP contribution in [0.1, 0.15) is 24.0 Å². The average molecular weight is 725 g/mol. The fourth-order valence-corrected chi connectivity index (χ4v) is 9.31. The van der Waals surface area contributed by atoms with Gasteiger partial charge in [-0.3, -0.25) is 0 Å². The van der Waals surface area contributed by atoms with Gasteiger partial charge in [0.15, 0.2) is 0 Å². The van der Waals surface area contributed by atoms with Crippen LogP contribution in [0.3, 0.4) is 0 Å². The Kier molecular flexibility index (Phi) is 8.70. The highest BCUT2D eigenvalue weighted by Gasteiger charge is 2.17. The Labute approximate surface area is 327 Å². The molecule has 0 fully saturated rings. The zero-order valence-corrected chi connectivity index (χ0v) is 31.4. The monoisotopic (exact) mass is 724 g/mol. The Morgan fingerprint density at radius 3 is 1.31 bits per heavy atom. The molecule has 0 aliphatic heterocycles. The van der Waals surface area contributed by atoms with Crippen LogP contribution in [0.25, 0.3) is 42.4 Å². The van der Waals surface area contributed by atoms with Crippen LogP contribution in [0.2, 0.25) is 0 Å². The summed E-state index contributed by atoms with van der Waals surface area (Å²) in [5.74, 6) is 0. The van der Waals surface area contributed by atoms with E-state index in [1.807, 2.05) is 11.3 Å². The smallest absolute Gasteiger partial charge is 0.0468 e. The van der Waals surface area contributed by atoms with Crippen molar-refractivity contribution >= 4 is 65.6 Å². The lowest BCUT2D eigenvalue weighted by Gasteiger charge is -2.27. The molecule has 0 bridgehead atoms. The second kappa shape index (κ2) is 14.4. The molecule has 2 nitrogen and oxygen atoms in total. The van der Waals surface area contributed by atoms with Gasteiger partial charge in [0, 0.05) is 54.3 Å². The van der Waals surface area contributed by atoms with E-state index >= 15 is 0 Å². The molecule has 0 amide bonds. The molecule has 0 radical (unpaired) electrons. The molecule has 3 heteroatoms. The molecular weight excluding hydrogens is 685 g/mol. The molecule has 1 aliphatic carbocycles. The molecule has 264 valence electrons. The highest BCUT2D eigenvalue weighted by atomic mass is 32.1. The molecule has 0 unspecified atom stereocenters. The third-order valence-corrected chi connectivity index (χ3v) is 12.2. The molecule has 0 saturated heterocycles. The van der Waals surface area contributed by atoms with Gasteiger partial charge in [0.1, 0.15) is 0 Å². The molecule has 1 heterocycles. The van der Waals surface area contributed by atoms with Crippen LogP contribution in [-0.4, -0.2) is 0 Å². The van der Waals surface area contributed by atoms with Crippen LogP contribution in [0.4, 0.5) is 34.1 Å². The van der Waals surface area contributed by atoms with Gasteiger partial charge in [-0.15, -0.1) is 11.3 Å². The number of anilines is 6. The number of para-hydroxylation sites is 2. The predicted molar refractivity (Wildman–Crippen MR) is 236 cm³/mol. The lowest BCUT2D eigenvalue weighted by atomic mass is 9.91. The minimum Gasteiger partial charge on any atom is -0.310 e. The van der Waals surface area contributed by atoms with Crippen LogP contribution >= 0.6 is 11.3 Å². The van der Waals surface area contributed by atoms with Gasteiger partial charge in [-0.2, -0.15) is 0 Å². The first-order valence-corrected chi connectivity index (χ1v) is 20.1. The molecule has 0 N–H and O–H groups in total. The van der Waals surface area contributed by atoms with Crippen molar-refractivity contribution < 1.29 is 0 Å². The number of nitrogens with zero attached hydrogens (tertiary/aromatic N) is 2. The molecule has 0 spiro atoms. The maximum Gasteiger partial charge on any atom is 0.0468 e. The van der Waals surface area contributed by atoms with Gasteiger partial charge >= 0.3 is 0 Å². The summed E-state index contributed by atoms with van der Waals surface area (Å²) in [7, 11) is 0. The summed E-state index contributed by atoms with van der Waals surface area (Å²) in [4.78, 5) is 4.74. The first kappa shape index (κ1) is 33.2. The molecule has 10 rings (SSSR count). The Bertz CT molecular complexity index is 2730. The highest BCUT2D eigenvalue weighted by Crippen LogP contribution is 2.42. The standard InChI is InChI=1S/C52H40N2S/c1-3-13-43(14-4-1)53(47-32-27-37-11-7-8-12-42(37)35-47)45-28-23-40(24-29-45)38-19-21-39(22-20-38)41-25-30-46(31-26-41)54(44-15-5-2-6-16-44)48-33-34-52-50(36-48)49-17-9-10-18-51(49)55-52/h1-6,9-10,13-36H,7-8,11-12H2. The van der Waals surface area contributed by atoms with Crippen molar-refractivity contribution in [2.75, 3.05) is 9.80 Å². The first-order valence-electron chi connectivity index (χ1n) is 19.3. The summed E-state index contributed by atoms with van der Waals surface area (Å²) in [6.45, 7) is 0. The van der Waals surface area contributed by atoms with Crippen molar-refractivity contribution in [3.05, 3.63) is 205 Å². The Morgan fingerprint density at radius 1 is 0.309 bits per heavy atom. The van der Waals surface area contributed by atoms with Crippen molar-refractivity contribution in [2.24, 2.45) is 0 Å². The lowest BCUT2D eigenvalue weighted by Crippen LogP contribution is -2.11. The van der Waals surface area contributed by atoms with Gasteiger partial charge in [-0.05, 0) is 144 Å². The SMILES string of the molecule is c1ccc(N(c2ccc(-c3ccc(-c4ccc(N(c5ccccc5)c5ccc6sc7ccccc7c6c5)cc4)cc3)cc2)c2ccc3c(c2)CCCC3)cc1. The number of thiophene rings is 1. The molecule has 0 saturated carbocycles. The molecular formula is C52H40N2S. The summed E-state index contributed by atoms with van der Waals surface area (Å²) in [6, 6.07) is 70.9. The number of rotatable bonds is 8. The van der Waals surface area contributed by atoms with Crippen LogP contribution in [-0.2, 0) is 12.8 Å². The van der Waals surface area contributed by atoms with Crippen LogP contribution in [0.15, 0.2) is 194 Å². The zero-order chi connectivity index (χ0) is 36.6. The van der Waals surface area contributed by atoms with Crippen LogP contribution < -0.4 is 9.80 Å². The third-order valence-electron chi connectivity index (χ3n) is 11.0. The van der Waals surface area contributed by atoms with Crippen molar-refractivity contribution in [2.45, 2.75) is 25.7 Å². The normalized spacial score (nSPS) is 12.4. The second-order valence-electron chi connectivity index (χ2n) is 14.5. The number of fused-ring (bicyclic) bond motifs is 4. The number of hydrogen-bond acceptors (Lipinski definition) is 3. The summed E-state index contributed by atoms with van der Waals surface area (Å²) in [5.41, 5.74) is 14.8. The van der Waals surface area contributed by atoms with E-state index in [9.17, 15) is 0 Å². The van der Waals surface area contributed by atoms with E-state index in [1.54, 1.807) is 0 Å². The fraction of sp³-hybridized carbons (Fsp3) is 0.0769. The van der Waals surface area contributed by atoms with Gasteiger partial charge in [-0.1, -0.05) is 109 Å². The summed E-state index contributed by atoms with van der Waals surface area (Å²) in [5, 5.41) is 2.61. The highest BCUT2D eigenvalue weighted by molar-refractivity contribution is 7.25. The average Bonchev–Trinajstić information content (AvgIpc) is 3.63. The topological polar surface area (TPSA) is 6.48 Å². The summed E-state index contributed by atoms with van der Waals surface area (Å²) in [6.07, 6.45) is 4.93. The minimum atomic E-state index is 1.13. The maximum atomic E-state index is 2.41. The molecule has 0 atom stereocenters. The van der Waals surface area contributed by atoms with E-state index < -0.39 is 0 Å². The van der Waals surface area contributed by atoms with Gasteiger partial charge < -0.3 is 9.80 Å². The van der Waals surface area contributed by atoms with E-state index in [0.717, 1.165) is 22.7 Å².